The number of amides is 1. The SMILES string of the molecule is O=C(CN(Cc1ccccc1)S(=O)(=O)c1cc(Cl)ccc1Cl)N/N=C\c1cccc(OCc2ccccc2)c1. The van der Waals surface area contributed by atoms with Gasteiger partial charge in [-0.2, -0.15) is 9.41 Å². The van der Waals surface area contributed by atoms with E-state index in [1.54, 1.807) is 36.4 Å². The molecule has 1 amide bonds. The highest BCUT2D eigenvalue weighted by atomic mass is 35.5. The minimum absolute atomic E-state index is 0.00487. The molecule has 4 rings (SSSR count). The molecule has 200 valence electrons. The number of sulfonamides is 1. The van der Waals surface area contributed by atoms with E-state index in [0.29, 0.717) is 23.5 Å². The first-order valence-electron chi connectivity index (χ1n) is 11.9. The molecular weight excluding hydrogens is 557 g/mol. The lowest BCUT2D eigenvalue weighted by Gasteiger charge is -2.22. The van der Waals surface area contributed by atoms with Crippen molar-refractivity contribution in [1.82, 2.24) is 9.73 Å². The zero-order chi connectivity index (χ0) is 27.7. The van der Waals surface area contributed by atoms with Crippen molar-refractivity contribution in [3.63, 3.8) is 0 Å². The van der Waals surface area contributed by atoms with Crippen LogP contribution in [0.1, 0.15) is 16.7 Å². The molecule has 0 atom stereocenters. The summed E-state index contributed by atoms with van der Waals surface area (Å²) in [5, 5.41) is 4.21. The van der Waals surface area contributed by atoms with Gasteiger partial charge in [0.25, 0.3) is 5.91 Å². The summed E-state index contributed by atoms with van der Waals surface area (Å²) in [6.45, 7) is -0.123. The Morgan fingerprint density at radius 1 is 0.872 bits per heavy atom. The molecule has 0 bridgehead atoms. The maximum atomic E-state index is 13.5. The van der Waals surface area contributed by atoms with E-state index in [1.807, 2.05) is 48.5 Å². The van der Waals surface area contributed by atoms with Gasteiger partial charge in [-0.05, 0) is 47.0 Å². The van der Waals surface area contributed by atoms with Crippen LogP contribution in [0.5, 0.6) is 5.75 Å². The molecule has 0 saturated carbocycles. The normalized spacial score (nSPS) is 11.6. The van der Waals surface area contributed by atoms with Crippen LogP contribution in [0.3, 0.4) is 0 Å². The fourth-order valence-electron chi connectivity index (χ4n) is 3.63. The van der Waals surface area contributed by atoms with Crippen molar-refractivity contribution in [1.29, 1.82) is 0 Å². The van der Waals surface area contributed by atoms with E-state index in [9.17, 15) is 13.2 Å². The third-order valence-corrected chi connectivity index (χ3v) is 8.05. The standard InChI is InChI=1S/C29H25Cl2N3O4S/c30-25-14-15-27(31)28(17-25)39(36,37)34(19-22-8-3-1-4-9-22)20-29(35)33-32-18-24-12-7-13-26(16-24)38-21-23-10-5-2-6-11-23/h1-18H,19-21H2,(H,33,35)/b32-18-. The number of carbonyl (C=O) groups excluding carboxylic acids is 1. The Bertz CT molecular complexity index is 1550. The molecule has 7 nitrogen and oxygen atoms in total. The summed E-state index contributed by atoms with van der Waals surface area (Å²) >= 11 is 12.2. The molecule has 0 aliphatic carbocycles. The number of hydrogen-bond acceptors (Lipinski definition) is 5. The predicted octanol–water partition coefficient (Wildman–Crippen LogP) is 5.91. The average molecular weight is 583 g/mol. The van der Waals surface area contributed by atoms with Crippen molar-refractivity contribution in [2.24, 2.45) is 5.10 Å². The number of benzene rings is 4. The van der Waals surface area contributed by atoms with E-state index in [1.165, 1.54) is 24.4 Å². The Morgan fingerprint density at radius 3 is 2.28 bits per heavy atom. The number of carbonyl (C=O) groups is 1. The summed E-state index contributed by atoms with van der Waals surface area (Å²) in [5.41, 5.74) is 4.83. The van der Waals surface area contributed by atoms with Crippen molar-refractivity contribution in [2.45, 2.75) is 18.0 Å². The van der Waals surface area contributed by atoms with Gasteiger partial charge in [0.2, 0.25) is 10.0 Å². The first-order chi connectivity index (χ1) is 18.8. The maximum absolute atomic E-state index is 13.5. The molecule has 0 fully saturated rings. The molecule has 0 radical (unpaired) electrons. The van der Waals surface area contributed by atoms with E-state index < -0.39 is 22.5 Å². The van der Waals surface area contributed by atoms with Crippen LogP contribution in [0.25, 0.3) is 0 Å². The highest BCUT2D eigenvalue weighted by Crippen LogP contribution is 2.28. The number of nitrogens with one attached hydrogen (secondary N) is 1. The molecule has 1 N–H and O–H groups in total. The average Bonchev–Trinajstić information content (AvgIpc) is 2.94. The smallest absolute Gasteiger partial charge is 0.255 e. The highest BCUT2D eigenvalue weighted by molar-refractivity contribution is 7.89. The first-order valence-corrected chi connectivity index (χ1v) is 14.1. The Labute approximate surface area is 237 Å². The monoisotopic (exact) mass is 581 g/mol. The second kappa shape index (κ2) is 13.4. The minimum Gasteiger partial charge on any atom is -0.489 e. The van der Waals surface area contributed by atoms with Crippen LogP contribution in [0.4, 0.5) is 0 Å². The lowest BCUT2D eigenvalue weighted by atomic mass is 10.2. The Morgan fingerprint density at radius 2 is 1.56 bits per heavy atom. The second-order valence-electron chi connectivity index (χ2n) is 8.47. The lowest BCUT2D eigenvalue weighted by Crippen LogP contribution is -2.39. The summed E-state index contributed by atoms with van der Waals surface area (Å²) in [7, 11) is -4.17. The summed E-state index contributed by atoms with van der Waals surface area (Å²) < 4.78 is 33.8. The van der Waals surface area contributed by atoms with Gasteiger partial charge in [-0.1, -0.05) is 96.0 Å². The van der Waals surface area contributed by atoms with E-state index in [0.717, 1.165) is 9.87 Å². The van der Waals surface area contributed by atoms with Crippen molar-refractivity contribution in [3.05, 3.63) is 130 Å². The molecule has 0 unspecified atom stereocenters. The zero-order valence-corrected chi connectivity index (χ0v) is 23.0. The second-order valence-corrected chi connectivity index (χ2v) is 11.2. The number of hydrogen-bond donors (Lipinski definition) is 1. The van der Waals surface area contributed by atoms with Gasteiger partial charge in [0.05, 0.1) is 17.8 Å². The summed E-state index contributed by atoms with van der Waals surface area (Å²) in [5.74, 6) is 0.0213. The molecule has 4 aromatic carbocycles. The number of rotatable bonds is 11. The number of nitrogens with zero attached hydrogens (tertiary/aromatic N) is 2. The van der Waals surface area contributed by atoms with Gasteiger partial charge >= 0.3 is 0 Å². The van der Waals surface area contributed by atoms with Crippen molar-refractivity contribution >= 4 is 45.3 Å². The molecule has 39 heavy (non-hydrogen) atoms. The zero-order valence-electron chi connectivity index (χ0n) is 20.7. The maximum Gasteiger partial charge on any atom is 0.255 e. The van der Waals surface area contributed by atoms with Gasteiger partial charge in [-0.15, -0.1) is 0 Å². The summed E-state index contributed by atoms with van der Waals surface area (Å²) in [4.78, 5) is 12.6. The van der Waals surface area contributed by atoms with Crippen molar-refractivity contribution in [3.8, 4) is 5.75 Å². The van der Waals surface area contributed by atoms with Gasteiger partial charge in [0, 0.05) is 11.6 Å². The molecule has 0 aliphatic rings. The molecule has 0 aromatic heterocycles. The Kier molecular flexibility index (Phi) is 9.73. The van der Waals surface area contributed by atoms with Crippen LogP contribution < -0.4 is 10.2 Å². The van der Waals surface area contributed by atoms with Crippen LogP contribution in [-0.2, 0) is 28.0 Å². The number of ether oxygens (including phenoxy) is 1. The van der Waals surface area contributed by atoms with Crippen LogP contribution in [-0.4, -0.2) is 31.4 Å². The van der Waals surface area contributed by atoms with Gasteiger partial charge < -0.3 is 4.74 Å². The van der Waals surface area contributed by atoms with Crippen LogP contribution >= 0.6 is 23.2 Å². The third kappa shape index (κ3) is 8.15. The quantitative estimate of drug-likeness (QED) is 0.176. The highest BCUT2D eigenvalue weighted by Gasteiger charge is 2.29. The number of hydrazone groups is 1. The van der Waals surface area contributed by atoms with Crippen LogP contribution in [0.15, 0.2) is 113 Å². The lowest BCUT2D eigenvalue weighted by molar-refractivity contribution is -0.121. The van der Waals surface area contributed by atoms with Crippen LogP contribution in [0, 0.1) is 0 Å². The molecule has 0 spiro atoms. The largest absolute Gasteiger partial charge is 0.489 e. The molecule has 0 aliphatic heterocycles. The molecular formula is C29H25Cl2N3O4S. The molecule has 4 aromatic rings. The Balaban J connectivity index is 1.44. The summed E-state index contributed by atoms with van der Waals surface area (Å²) in [6, 6.07) is 30.1. The van der Waals surface area contributed by atoms with Crippen molar-refractivity contribution < 1.29 is 17.9 Å². The topological polar surface area (TPSA) is 88.1 Å². The fourth-order valence-corrected chi connectivity index (χ4v) is 5.75. The molecule has 10 heteroatoms. The van der Waals surface area contributed by atoms with E-state index >= 15 is 0 Å². The van der Waals surface area contributed by atoms with Crippen molar-refractivity contribution in [2.75, 3.05) is 6.54 Å². The van der Waals surface area contributed by atoms with E-state index in [2.05, 4.69) is 10.5 Å². The van der Waals surface area contributed by atoms with Gasteiger partial charge in [0.15, 0.2) is 0 Å². The summed E-state index contributed by atoms with van der Waals surface area (Å²) in [6.07, 6.45) is 1.46. The molecule has 0 saturated heterocycles. The van der Waals surface area contributed by atoms with Gasteiger partial charge in [0.1, 0.15) is 17.3 Å². The van der Waals surface area contributed by atoms with Gasteiger partial charge in [-0.25, -0.2) is 13.8 Å². The van der Waals surface area contributed by atoms with E-state index in [-0.39, 0.29) is 21.5 Å². The molecule has 0 heterocycles. The fraction of sp³-hybridized carbons (Fsp3) is 0.103. The number of halogens is 2. The van der Waals surface area contributed by atoms with E-state index in [4.69, 9.17) is 27.9 Å². The Hall–Kier alpha value is -3.69. The first kappa shape index (κ1) is 28.3. The van der Waals surface area contributed by atoms with Crippen LogP contribution in [0.2, 0.25) is 10.0 Å². The van der Waals surface area contributed by atoms with Gasteiger partial charge in [-0.3, -0.25) is 4.79 Å². The third-order valence-electron chi connectivity index (χ3n) is 5.54. The predicted molar refractivity (Wildman–Crippen MR) is 153 cm³/mol. The minimum atomic E-state index is -4.17.